The molecule has 2 aliphatic heterocycles. The van der Waals surface area contributed by atoms with Crippen LogP contribution in [0, 0.1) is 5.92 Å². The lowest BCUT2D eigenvalue weighted by atomic mass is 9.94. The van der Waals surface area contributed by atoms with Crippen molar-refractivity contribution in [1.29, 1.82) is 0 Å². The van der Waals surface area contributed by atoms with Crippen molar-refractivity contribution in [3.8, 4) is 0 Å². The molecule has 0 aromatic rings. The Morgan fingerprint density at radius 1 is 1.47 bits per heavy atom. The molecule has 0 aromatic carbocycles. The Labute approximate surface area is 116 Å². The second-order valence-corrected chi connectivity index (χ2v) is 5.59. The van der Waals surface area contributed by atoms with Gasteiger partial charge in [0.25, 0.3) is 0 Å². The summed E-state index contributed by atoms with van der Waals surface area (Å²) in [6, 6.07) is 0.432. The molecule has 108 valence electrons. The summed E-state index contributed by atoms with van der Waals surface area (Å²) in [5, 5.41) is 3.42. The normalized spacial score (nSPS) is 28.4. The van der Waals surface area contributed by atoms with Crippen LogP contribution in [0.15, 0.2) is 16.3 Å². The number of hydrogen-bond acceptors (Lipinski definition) is 4. The average Bonchev–Trinajstić information content (AvgIpc) is 2.47. The summed E-state index contributed by atoms with van der Waals surface area (Å²) in [5.41, 5.74) is 9.86. The van der Waals surface area contributed by atoms with E-state index in [0.717, 1.165) is 57.7 Å². The minimum Gasteiger partial charge on any atom is -0.402 e. The summed E-state index contributed by atoms with van der Waals surface area (Å²) in [6.45, 7) is 7.96. The highest BCUT2D eigenvalue weighted by Gasteiger charge is 2.21. The number of allylic oxidation sites excluding steroid dienone is 1. The highest BCUT2D eigenvalue weighted by atomic mass is 16.5. The molecule has 2 heterocycles. The lowest BCUT2D eigenvalue weighted by molar-refractivity contribution is 0.0870. The highest BCUT2D eigenvalue weighted by Crippen LogP contribution is 2.20. The molecule has 0 aromatic heterocycles. The van der Waals surface area contributed by atoms with Crippen LogP contribution in [0.1, 0.15) is 39.5 Å². The molecule has 4 nitrogen and oxygen atoms in total. The van der Waals surface area contributed by atoms with Crippen LogP contribution in [0.5, 0.6) is 0 Å². The number of nitrogens with one attached hydrogen (secondary N) is 1. The smallest absolute Gasteiger partial charge is 0.0546 e. The number of nitrogens with zero attached hydrogens (tertiary/aromatic N) is 1. The summed E-state index contributed by atoms with van der Waals surface area (Å²) in [4.78, 5) is 4.97. The molecule has 4 heteroatoms. The quantitative estimate of drug-likeness (QED) is 0.819. The summed E-state index contributed by atoms with van der Waals surface area (Å²) in [7, 11) is 0. The van der Waals surface area contributed by atoms with Gasteiger partial charge in [0.15, 0.2) is 0 Å². The Morgan fingerprint density at radius 3 is 2.89 bits per heavy atom. The second-order valence-electron chi connectivity index (χ2n) is 5.59. The molecular formula is C15H27N3O. The molecule has 2 fully saturated rings. The number of ether oxygens (including phenoxy) is 1. The standard InChI is InChI=1S/C15H27N3O/c1-3-11(2)15(16)13-10-17-7-4-14(13)18-12-5-8-19-9-6-12/h11-12,17H,3-10,16H2,1-2H3/b15-13-,18-14?. The number of rotatable bonds is 3. The molecular weight excluding hydrogens is 238 g/mol. The van der Waals surface area contributed by atoms with Crippen molar-refractivity contribution in [3.63, 3.8) is 0 Å². The zero-order valence-electron chi connectivity index (χ0n) is 12.2. The highest BCUT2D eigenvalue weighted by molar-refractivity contribution is 6.02. The van der Waals surface area contributed by atoms with Gasteiger partial charge >= 0.3 is 0 Å². The number of aliphatic imine (C=N–C) groups is 1. The average molecular weight is 265 g/mol. The van der Waals surface area contributed by atoms with Crippen molar-refractivity contribution < 1.29 is 4.74 Å². The van der Waals surface area contributed by atoms with E-state index in [1.54, 1.807) is 0 Å². The van der Waals surface area contributed by atoms with E-state index in [2.05, 4.69) is 19.2 Å². The molecule has 0 spiro atoms. The first-order valence-electron chi connectivity index (χ1n) is 7.56. The third-order valence-corrected chi connectivity index (χ3v) is 4.21. The van der Waals surface area contributed by atoms with Crippen LogP contribution >= 0.6 is 0 Å². The van der Waals surface area contributed by atoms with Gasteiger partial charge in [-0.25, -0.2) is 0 Å². The van der Waals surface area contributed by atoms with Gasteiger partial charge in [-0.2, -0.15) is 0 Å². The molecule has 2 rings (SSSR count). The molecule has 0 bridgehead atoms. The Kier molecular flexibility index (Phi) is 5.40. The van der Waals surface area contributed by atoms with E-state index in [-0.39, 0.29) is 0 Å². The van der Waals surface area contributed by atoms with Crippen molar-refractivity contribution in [2.75, 3.05) is 26.3 Å². The fraction of sp³-hybridized carbons (Fsp3) is 0.800. The molecule has 0 radical (unpaired) electrons. The van der Waals surface area contributed by atoms with Gasteiger partial charge in [-0.15, -0.1) is 0 Å². The van der Waals surface area contributed by atoms with Gasteiger partial charge in [0.05, 0.1) is 6.04 Å². The summed E-state index contributed by atoms with van der Waals surface area (Å²) in [6.07, 6.45) is 4.19. The zero-order valence-corrected chi connectivity index (χ0v) is 12.2. The SMILES string of the molecule is CCC(C)/C(N)=C1\CNCCC1=NC1CCOCC1. The fourth-order valence-electron chi connectivity index (χ4n) is 2.64. The first-order chi connectivity index (χ1) is 9.22. The molecule has 0 aliphatic carbocycles. The number of nitrogens with two attached hydrogens (primary N) is 1. The van der Waals surface area contributed by atoms with Crippen LogP contribution in [0.25, 0.3) is 0 Å². The first kappa shape index (κ1) is 14.5. The second kappa shape index (κ2) is 7.06. The van der Waals surface area contributed by atoms with Crippen molar-refractivity contribution in [2.24, 2.45) is 16.6 Å². The lowest BCUT2D eigenvalue weighted by Gasteiger charge is -2.26. The molecule has 19 heavy (non-hydrogen) atoms. The lowest BCUT2D eigenvalue weighted by Crippen LogP contribution is -2.35. The third kappa shape index (κ3) is 3.80. The van der Waals surface area contributed by atoms with Gasteiger partial charge in [0, 0.05) is 49.7 Å². The van der Waals surface area contributed by atoms with E-state index in [1.165, 1.54) is 11.3 Å². The Hall–Kier alpha value is -0.870. The Bertz CT molecular complexity index is 356. The predicted octanol–water partition coefficient (Wildman–Crippen LogP) is 1.86. The minimum atomic E-state index is 0.432. The maximum Gasteiger partial charge on any atom is 0.0546 e. The molecule has 0 amide bonds. The van der Waals surface area contributed by atoms with Gasteiger partial charge in [0.1, 0.15) is 0 Å². The Balaban J connectivity index is 2.17. The van der Waals surface area contributed by atoms with Gasteiger partial charge in [-0.1, -0.05) is 13.8 Å². The zero-order chi connectivity index (χ0) is 13.7. The van der Waals surface area contributed by atoms with Crippen LogP contribution < -0.4 is 11.1 Å². The maximum absolute atomic E-state index is 6.33. The molecule has 0 saturated carbocycles. The molecule has 2 aliphatic rings. The van der Waals surface area contributed by atoms with Crippen molar-refractivity contribution in [2.45, 2.75) is 45.6 Å². The van der Waals surface area contributed by atoms with Gasteiger partial charge in [0.2, 0.25) is 0 Å². The van der Waals surface area contributed by atoms with Crippen molar-refractivity contribution in [3.05, 3.63) is 11.3 Å². The van der Waals surface area contributed by atoms with Crippen molar-refractivity contribution in [1.82, 2.24) is 5.32 Å². The van der Waals surface area contributed by atoms with E-state index in [9.17, 15) is 0 Å². The summed E-state index contributed by atoms with van der Waals surface area (Å²) < 4.78 is 5.40. The van der Waals surface area contributed by atoms with Gasteiger partial charge in [-0.3, -0.25) is 4.99 Å². The largest absolute Gasteiger partial charge is 0.402 e. The van der Waals surface area contributed by atoms with Crippen LogP contribution in [0.2, 0.25) is 0 Å². The molecule has 1 unspecified atom stereocenters. The van der Waals surface area contributed by atoms with Crippen LogP contribution in [-0.2, 0) is 4.74 Å². The predicted molar refractivity (Wildman–Crippen MR) is 79.4 cm³/mol. The number of piperidine rings is 1. The summed E-state index contributed by atoms with van der Waals surface area (Å²) in [5.74, 6) is 0.440. The van der Waals surface area contributed by atoms with E-state index >= 15 is 0 Å². The van der Waals surface area contributed by atoms with E-state index in [1.807, 2.05) is 0 Å². The van der Waals surface area contributed by atoms with E-state index in [0.29, 0.717) is 12.0 Å². The van der Waals surface area contributed by atoms with Crippen LogP contribution in [0.4, 0.5) is 0 Å². The maximum atomic E-state index is 6.33. The molecule has 2 saturated heterocycles. The summed E-state index contributed by atoms with van der Waals surface area (Å²) >= 11 is 0. The number of hydrogen-bond donors (Lipinski definition) is 2. The Morgan fingerprint density at radius 2 is 2.21 bits per heavy atom. The van der Waals surface area contributed by atoms with Gasteiger partial charge in [-0.05, 0) is 25.2 Å². The minimum absolute atomic E-state index is 0.432. The monoisotopic (exact) mass is 265 g/mol. The van der Waals surface area contributed by atoms with Crippen LogP contribution in [-0.4, -0.2) is 38.1 Å². The van der Waals surface area contributed by atoms with E-state index in [4.69, 9.17) is 15.5 Å². The van der Waals surface area contributed by atoms with E-state index < -0.39 is 0 Å². The molecule has 1 atom stereocenters. The molecule has 3 N–H and O–H groups in total. The topological polar surface area (TPSA) is 59.6 Å². The van der Waals surface area contributed by atoms with Crippen LogP contribution in [0.3, 0.4) is 0 Å². The third-order valence-electron chi connectivity index (χ3n) is 4.21. The van der Waals surface area contributed by atoms with Gasteiger partial charge < -0.3 is 15.8 Å². The van der Waals surface area contributed by atoms with Crippen molar-refractivity contribution >= 4 is 5.71 Å². The fourth-order valence-corrected chi connectivity index (χ4v) is 2.64. The first-order valence-corrected chi connectivity index (χ1v) is 7.56.